The van der Waals surface area contributed by atoms with Crippen molar-refractivity contribution in [3.63, 3.8) is 0 Å². The SMILES string of the molecule is CCOCCN1CC(CC)(CC)NCC1C(C)C. The average Bonchev–Trinajstić information content (AvgIpc) is 2.38. The minimum atomic E-state index is 0.317. The van der Waals surface area contributed by atoms with Gasteiger partial charge in [0.05, 0.1) is 6.61 Å². The number of nitrogens with zero attached hydrogens (tertiary/aromatic N) is 1. The molecule has 3 heteroatoms. The lowest BCUT2D eigenvalue weighted by atomic mass is 9.86. The molecule has 0 amide bonds. The van der Waals surface area contributed by atoms with E-state index >= 15 is 0 Å². The molecule has 1 heterocycles. The Bertz CT molecular complexity index is 227. The molecule has 0 aromatic heterocycles. The largest absolute Gasteiger partial charge is 0.380 e. The van der Waals surface area contributed by atoms with Crippen LogP contribution in [0.4, 0.5) is 0 Å². The molecule has 1 aliphatic heterocycles. The van der Waals surface area contributed by atoms with Crippen LogP contribution in [0.15, 0.2) is 0 Å². The summed E-state index contributed by atoms with van der Waals surface area (Å²) in [6.07, 6.45) is 2.42. The number of hydrogen-bond donors (Lipinski definition) is 1. The molecule has 0 saturated carbocycles. The highest BCUT2D eigenvalue weighted by atomic mass is 16.5. The summed E-state index contributed by atoms with van der Waals surface area (Å²) in [6, 6.07) is 0.650. The van der Waals surface area contributed by atoms with E-state index in [2.05, 4.69) is 44.8 Å². The molecule has 1 rings (SSSR count). The molecule has 3 nitrogen and oxygen atoms in total. The van der Waals surface area contributed by atoms with E-state index in [1.165, 1.54) is 12.8 Å². The lowest BCUT2D eigenvalue weighted by molar-refractivity contribution is 0.0240. The molecule has 1 N–H and O–H groups in total. The van der Waals surface area contributed by atoms with Gasteiger partial charge in [0.2, 0.25) is 0 Å². The second-order valence-corrected chi connectivity index (χ2v) is 5.85. The summed E-state index contributed by atoms with van der Waals surface area (Å²) < 4.78 is 5.54. The summed E-state index contributed by atoms with van der Waals surface area (Å²) in [4.78, 5) is 2.64. The number of nitrogens with one attached hydrogen (secondary N) is 1. The predicted molar refractivity (Wildman–Crippen MR) is 78.0 cm³/mol. The van der Waals surface area contributed by atoms with E-state index in [9.17, 15) is 0 Å². The van der Waals surface area contributed by atoms with E-state index in [-0.39, 0.29) is 0 Å². The quantitative estimate of drug-likeness (QED) is 0.708. The van der Waals surface area contributed by atoms with Crippen LogP contribution in [0.25, 0.3) is 0 Å². The second kappa shape index (κ2) is 7.46. The smallest absolute Gasteiger partial charge is 0.0593 e. The Balaban J connectivity index is 2.63. The van der Waals surface area contributed by atoms with Crippen molar-refractivity contribution in [3.8, 4) is 0 Å². The van der Waals surface area contributed by atoms with Gasteiger partial charge in [-0.1, -0.05) is 27.7 Å². The Morgan fingerprint density at radius 1 is 1.28 bits per heavy atom. The van der Waals surface area contributed by atoms with Gasteiger partial charge in [-0.3, -0.25) is 4.90 Å². The maximum atomic E-state index is 5.54. The van der Waals surface area contributed by atoms with Gasteiger partial charge in [-0.2, -0.15) is 0 Å². The first-order valence-corrected chi connectivity index (χ1v) is 7.65. The van der Waals surface area contributed by atoms with Gasteiger partial charge < -0.3 is 10.1 Å². The minimum absolute atomic E-state index is 0.317. The molecule has 1 unspecified atom stereocenters. The van der Waals surface area contributed by atoms with E-state index in [1.807, 2.05) is 0 Å². The molecule has 0 aromatic carbocycles. The van der Waals surface area contributed by atoms with Crippen LogP contribution in [0.3, 0.4) is 0 Å². The Hall–Kier alpha value is -0.120. The van der Waals surface area contributed by atoms with Crippen LogP contribution < -0.4 is 5.32 Å². The lowest BCUT2D eigenvalue weighted by Crippen LogP contribution is -2.65. The molecular formula is C15H32N2O. The van der Waals surface area contributed by atoms with Crippen LogP contribution in [0.2, 0.25) is 0 Å². The zero-order valence-electron chi connectivity index (χ0n) is 13.0. The summed E-state index contributed by atoms with van der Waals surface area (Å²) in [5.74, 6) is 0.700. The van der Waals surface area contributed by atoms with Crippen LogP contribution in [-0.2, 0) is 4.74 Å². The van der Waals surface area contributed by atoms with Crippen molar-refractivity contribution in [1.82, 2.24) is 10.2 Å². The summed E-state index contributed by atoms with van der Waals surface area (Å²) >= 11 is 0. The first-order valence-electron chi connectivity index (χ1n) is 7.65. The molecule has 1 aliphatic rings. The van der Waals surface area contributed by atoms with Gasteiger partial charge in [0.15, 0.2) is 0 Å². The van der Waals surface area contributed by atoms with Gasteiger partial charge in [-0.15, -0.1) is 0 Å². The zero-order chi connectivity index (χ0) is 13.6. The van der Waals surface area contributed by atoms with E-state index in [4.69, 9.17) is 4.74 Å². The highest BCUT2D eigenvalue weighted by Gasteiger charge is 2.37. The van der Waals surface area contributed by atoms with Crippen LogP contribution in [0, 0.1) is 5.92 Å². The molecule has 108 valence electrons. The second-order valence-electron chi connectivity index (χ2n) is 5.85. The molecule has 18 heavy (non-hydrogen) atoms. The van der Waals surface area contributed by atoms with Gasteiger partial charge in [-0.05, 0) is 25.7 Å². The van der Waals surface area contributed by atoms with E-state index in [0.717, 1.165) is 32.8 Å². The van der Waals surface area contributed by atoms with Gasteiger partial charge in [-0.25, -0.2) is 0 Å². The van der Waals surface area contributed by atoms with Crippen LogP contribution in [-0.4, -0.2) is 49.3 Å². The standard InChI is InChI=1S/C15H32N2O/c1-6-15(7-2)12-17(9-10-18-8-3)14(11-16-15)13(4)5/h13-14,16H,6-12H2,1-5H3. The van der Waals surface area contributed by atoms with Crippen molar-refractivity contribution < 1.29 is 4.74 Å². The first-order chi connectivity index (χ1) is 8.58. The molecule has 0 aliphatic carbocycles. The first kappa shape index (κ1) is 15.9. The summed E-state index contributed by atoms with van der Waals surface area (Å²) in [5.41, 5.74) is 0.317. The fraction of sp³-hybridized carbons (Fsp3) is 1.00. The van der Waals surface area contributed by atoms with Crippen molar-refractivity contribution in [3.05, 3.63) is 0 Å². The summed E-state index contributed by atoms with van der Waals surface area (Å²) in [5, 5.41) is 3.80. The Labute approximate surface area is 113 Å². The Morgan fingerprint density at radius 3 is 2.44 bits per heavy atom. The minimum Gasteiger partial charge on any atom is -0.380 e. The van der Waals surface area contributed by atoms with Gasteiger partial charge in [0.1, 0.15) is 0 Å². The maximum absolute atomic E-state index is 5.54. The van der Waals surface area contributed by atoms with Crippen molar-refractivity contribution in [1.29, 1.82) is 0 Å². The Kier molecular flexibility index (Phi) is 6.61. The summed E-state index contributed by atoms with van der Waals surface area (Å²) in [6.45, 7) is 16.4. The summed E-state index contributed by atoms with van der Waals surface area (Å²) in [7, 11) is 0. The highest BCUT2D eigenvalue weighted by molar-refractivity contribution is 4.97. The van der Waals surface area contributed by atoms with Crippen molar-refractivity contribution in [2.75, 3.05) is 32.8 Å². The molecule has 0 aromatic rings. The molecule has 0 spiro atoms. The molecule has 0 bridgehead atoms. The van der Waals surface area contributed by atoms with Crippen molar-refractivity contribution >= 4 is 0 Å². The normalized spacial score (nSPS) is 24.7. The fourth-order valence-electron chi connectivity index (χ4n) is 2.96. The van der Waals surface area contributed by atoms with E-state index in [0.29, 0.717) is 17.5 Å². The van der Waals surface area contributed by atoms with Gasteiger partial charge in [0.25, 0.3) is 0 Å². The molecule has 1 saturated heterocycles. The average molecular weight is 256 g/mol. The fourth-order valence-corrected chi connectivity index (χ4v) is 2.96. The zero-order valence-corrected chi connectivity index (χ0v) is 13.0. The molecule has 1 fully saturated rings. The van der Waals surface area contributed by atoms with Crippen LogP contribution in [0.1, 0.15) is 47.5 Å². The molecule has 1 atom stereocenters. The van der Waals surface area contributed by atoms with Crippen LogP contribution >= 0.6 is 0 Å². The maximum Gasteiger partial charge on any atom is 0.0593 e. The number of hydrogen-bond acceptors (Lipinski definition) is 3. The van der Waals surface area contributed by atoms with E-state index in [1.54, 1.807) is 0 Å². The third-order valence-electron chi connectivity index (χ3n) is 4.51. The third-order valence-corrected chi connectivity index (χ3v) is 4.51. The topological polar surface area (TPSA) is 24.5 Å². The van der Waals surface area contributed by atoms with Crippen molar-refractivity contribution in [2.45, 2.75) is 59.0 Å². The third kappa shape index (κ3) is 3.94. The molecule has 0 radical (unpaired) electrons. The van der Waals surface area contributed by atoms with Gasteiger partial charge >= 0.3 is 0 Å². The lowest BCUT2D eigenvalue weighted by Gasteiger charge is -2.49. The monoisotopic (exact) mass is 256 g/mol. The van der Waals surface area contributed by atoms with Gasteiger partial charge in [0, 0.05) is 37.8 Å². The van der Waals surface area contributed by atoms with Crippen LogP contribution in [0.5, 0.6) is 0 Å². The highest BCUT2D eigenvalue weighted by Crippen LogP contribution is 2.25. The number of rotatable bonds is 7. The number of piperazine rings is 1. The number of ether oxygens (including phenoxy) is 1. The Morgan fingerprint density at radius 2 is 1.94 bits per heavy atom. The molecular weight excluding hydrogens is 224 g/mol. The van der Waals surface area contributed by atoms with E-state index < -0.39 is 0 Å². The predicted octanol–water partition coefficient (Wildman–Crippen LogP) is 2.51. The van der Waals surface area contributed by atoms with Crippen molar-refractivity contribution in [2.24, 2.45) is 5.92 Å².